The van der Waals surface area contributed by atoms with Crippen molar-refractivity contribution in [3.8, 4) is 22.8 Å². The first-order valence-corrected chi connectivity index (χ1v) is 12.2. The van der Waals surface area contributed by atoms with E-state index in [0.717, 1.165) is 18.2 Å². The maximum Gasteiger partial charge on any atom is 0.424 e. The second kappa shape index (κ2) is 11.8. The molecule has 2 atom stereocenters. The van der Waals surface area contributed by atoms with Crippen molar-refractivity contribution in [2.24, 2.45) is 11.5 Å². The van der Waals surface area contributed by atoms with Crippen LogP contribution in [0.1, 0.15) is 36.0 Å². The molecule has 3 aromatic rings. The quantitative estimate of drug-likeness (QED) is 0.236. The van der Waals surface area contributed by atoms with Crippen LogP contribution in [0.15, 0.2) is 48.5 Å². The van der Waals surface area contributed by atoms with Crippen LogP contribution in [-0.2, 0) is 15.9 Å². The summed E-state index contributed by atoms with van der Waals surface area (Å²) in [6.07, 6.45) is -5.29. The van der Waals surface area contributed by atoms with Gasteiger partial charge < -0.3 is 36.7 Å². The standard InChI is InChI=1S/C27H27F4N5O5.CH4/c1-25(33)12-34-23-17(25)10-20(36-22(23)14-3-6-16(28)7-4-14)26(39,27(29,30)31)13-35-24(38)15-5-8-18(19(9-15)40-2)41-11-21(32)37;/h3-10,34,39H,11-13,33H2,1-2H3,(H2,32,37)(H,35,38);1H4. The van der Waals surface area contributed by atoms with E-state index >= 15 is 0 Å². The summed E-state index contributed by atoms with van der Waals surface area (Å²) in [5.41, 5.74) is 6.61. The number of primary amides is 1. The number of nitrogens with one attached hydrogen (secondary N) is 2. The fourth-order valence-corrected chi connectivity index (χ4v) is 4.29. The highest BCUT2D eigenvalue weighted by molar-refractivity contribution is 5.95. The van der Waals surface area contributed by atoms with E-state index in [0.29, 0.717) is 5.69 Å². The van der Waals surface area contributed by atoms with Gasteiger partial charge in [0, 0.05) is 23.2 Å². The zero-order valence-corrected chi connectivity index (χ0v) is 21.9. The van der Waals surface area contributed by atoms with E-state index in [1.807, 2.05) is 0 Å². The van der Waals surface area contributed by atoms with Gasteiger partial charge in [0.25, 0.3) is 11.8 Å². The molecule has 7 N–H and O–H groups in total. The smallest absolute Gasteiger partial charge is 0.424 e. The first kappa shape index (κ1) is 32.1. The molecule has 226 valence electrons. The fraction of sp³-hybridized carbons (Fsp3) is 0.321. The highest BCUT2D eigenvalue weighted by Crippen LogP contribution is 2.45. The van der Waals surface area contributed by atoms with Gasteiger partial charge in [0.2, 0.25) is 5.60 Å². The number of nitrogens with two attached hydrogens (primary N) is 2. The number of rotatable bonds is 9. The molecule has 2 aromatic carbocycles. The Labute approximate surface area is 239 Å². The van der Waals surface area contributed by atoms with Crippen molar-refractivity contribution < 1.29 is 41.7 Å². The molecular formula is C28H31F4N5O5. The van der Waals surface area contributed by atoms with Crippen molar-refractivity contribution in [1.29, 1.82) is 0 Å². The number of benzene rings is 2. The minimum atomic E-state index is -5.29. The lowest BCUT2D eigenvalue weighted by atomic mass is 9.89. The largest absolute Gasteiger partial charge is 0.493 e. The Balaban J connectivity index is 0.00000484. The Bertz CT molecular complexity index is 1480. The lowest BCUT2D eigenvalue weighted by Crippen LogP contribution is -2.51. The highest BCUT2D eigenvalue weighted by atomic mass is 19.4. The third-order valence-electron chi connectivity index (χ3n) is 6.58. The molecule has 4 rings (SSSR count). The third-order valence-corrected chi connectivity index (χ3v) is 6.58. The summed E-state index contributed by atoms with van der Waals surface area (Å²) in [6, 6.07) is 9.68. The van der Waals surface area contributed by atoms with Crippen molar-refractivity contribution in [2.75, 3.05) is 32.1 Å². The summed E-state index contributed by atoms with van der Waals surface area (Å²) in [7, 11) is 1.26. The van der Waals surface area contributed by atoms with Crippen molar-refractivity contribution in [1.82, 2.24) is 10.3 Å². The SMILES string of the molecule is C.COc1cc(C(=O)NCC(O)(c2cc3c(c(-c4ccc(F)cc4)n2)NCC3(C)N)C(F)(F)F)ccc1OCC(N)=O. The monoisotopic (exact) mass is 593 g/mol. The van der Waals surface area contributed by atoms with Gasteiger partial charge in [-0.15, -0.1) is 0 Å². The van der Waals surface area contributed by atoms with Gasteiger partial charge in [-0.1, -0.05) is 7.43 Å². The van der Waals surface area contributed by atoms with E-state index in [9.17, 15) is 32.3 Å². The number of amides is 2. The number of ether oxygens (including phenoxy) is 2. The zero-order chi connectivity index (χ0) is 30.2. The van der Waals surface area contributed by atoms with Crippen LogP contribution < -0.4 is 31.6 Å². The van der Waals surface area contributed by atoms with Crippen molar-refractivity contribution in [3.63, 3.8) is 0 Å². The summed E-state index contributed by atoms with van der Waals surface area (Å²) >= 11 is 0. The van der Waals surface area contributed by atoms with Gasteiger partial charge in [-0.3, -0.25) is 9.59 Å². The number of hydrogen-bond acceptors (Lipinski definition) is 8. The van der Waals surface area contributed by atoms with E-state index in [1.165, 1.54) is 37.4 Å². The van der Waals surface area contributed by atoms with Crippen LogP contribution in [0, 0.1) is 5.82 Å². The van der Waals surface area contributed by atoms with Gasteiger partial charge in [-0.05, 0) is 55.5 Å². The van der Waals surface area contributed by atoms with Crippen LogP contribution >= 0.6 is 0 Å². The average molecular weight is 594 g/mol. The molecule has 0 radical (unpaired) electrons. The molecule has 42 heavy (non-hydrogen) atoms. The molecule has 0 saturated carbocycles. The van der Waals surface area contributed by atoms with Crippen LogP contribution in [0.2, 0.25) is 0 Å². The summed E-state index contributed by atoms with van der Waals surface area (Å²) in [5, 5.41) is 16.2. The normalized spacial score (nSPS) is 17.2. The van der Waals surface area contributed by atoms with E-state index in [-0.39, 0.29) is 47.9 Å². The molecule has 0 spiro atoms. The predicted octanol–water partition coefficient (Wildman–Crippen LogP) is 3.18. The summed E-state index contributed by atoms with van der Waals surface area (Å²) in [4.78, 5) is 28.0. The number of methoxy groups -OCH3 is 1. The van der Waals surface area contributed by atoms with Crippen molar-refractivity contribution in [3.05, 3.63) is 71.2 Å². The number of aromatic nitrogens is 1. The second-order valence-corrected chi connectivity index (χ2v) is 9.72. The lowest BCUT2D eigenvalue weighted by Gasteiger charge is -2.31. The maximum absolute atomic E-state index is 14.5. The van der Waals surface area contributed by atoms with Crippen LogP contribution in [0.4, 0.5) is 23.2 Å². The number of anilines is 1. The molecule has 1 aromatic heterocycles. The van der Waals surface area contributed by atoms with Gasteiger partial charge in [-0.25, -0.2) is 9.37 Å². The van der Waals surface area contributed by atoms with E-state index in [2.05, 4.69) is 15.6 Å². The zero-order valence-electron chi connectivity index (χ0n) is 21.9. The second-order valence-electron chi connectivity index (χ2n) is 9.72. The van der Waals surface area contributed by atoms with Crippen LogP contribution in [0.25, 0.3) is 11.3 Å². The molecular weight excluding hydrogens is 562 g/mol. The number of aliphatic hydroxyl groups is 1. The van der Waals surface area contributed by atoms with E-state index < -0.39 is 53.8 Å². The van der Waals surface area contributed by atoms with Gasteiger partial charge >= 0.3 is 6.18 Å². The summed E-state index contributed by atoms with van der Waals surface area (Å²) in [6.45, 7) is -0.000985. The molecule has 0 fully saturated rings. The Kier molecular flexibility index (Phi) is 9.03. The molecule has 0 saturated heterocycles. The predicted molar refractivity (Wildman–Crippen MR) is 146 cm³/mol. The number of pyridine rings is 1. The Morgan fingerprint density at radius 1 is 1.14 bits per heavy atom. The fourth-order valence-electron chi connectivity index (χ4n) is 4.29. The van der Waals surface area contributed by atoms with Gasteiger partial charge in [0.1, 0.15) is 5.82 Å². The van der Waals surface area contributed by atoms with Gasteiger partial charge in [0.15, 0.2) is 18.1 Å². The molecule has 0 bridgehead atoms. The number of carbonyl (C=O) groups is 2. The number of nitrogens with zero attached hydrogens (tertiary/aromatic N) is 1. The molecule has 1 aliphatic rings. The van der Waals surface area contributed by atoms with Crippen molar-refractivity contribution >= 4 is 17.5 Å². The van der Waals surface area contributed by atoms with E-state index in [4.69, 9.17) is 20.9 Å². The number of fused-ring (bicyclic) bond motifs is 1. The van der Waals surface area contributed by atoms with E-state index in [1.54, 1.807) is 6.92 Å². The summed E-state index contributed by atoms with van der Waals surface area (Å²) < 4.78 is 67.3. The molecule has 0 aliphatic carbocycles. The highest BCUT2D eigenvalue weighted by Gasteiger charge is 2.57. The number of hydrogen-bond donors (Lipinski definition) is 5. The minimum Gasteiger partial charge on any atom is -0.493 e. The summed E-state index contributed by atoms with van der Waals surface area (Å²) in [5.74, 6) is -2.20. The first-order chi connectivity index (χ1) is 19.2. The maximum atomic E-state index is 14.5. The third kappa shape index (κ3) is 6.24. The topological polar surface area (TPSA) is 162 Å². The Morgan fingerprint density at radius 2 is 1.81 bits per heavy atom. The minimum absolute atomic E-state index is 0. The van der Waals surface area contributed by atoms with Crippen LogP contribution in [-0.4, -0.2) is 54.9 Å². The van der Waals surface area contributed by atoms with Crippen molar-refractivity contribution in [2.45, 2.75) is 31.7 Å². The van der Waals surface area contributed by atoms with Crippen LogP contribution in [0.5, 0.6) is 11.5 Å². The molecule has 10 nitrogen and oxygen atoms in total. The lowest BCUT2D eigenvalue weighted by molar-refractivity contribution is -0.265. The van der Waals surface area contributed by atoms with Crippen LogP contribution in [0.3, 0.4) is 0 Å². The Hall–Kier alpha value is -4.43. The molecule has 2 amide bonds. The Morgan fingerprint density at radius 3 is 2.40 bits per heavy atom. The first-order valence-electron chi connectivity index (χ1n) is 12.2. The number of alkyl halides is 3. The molecule has 2 heterocycles. The average Bonchev–Trinajstić information content (AvgIpc) is 3.23. The molecule has 14 heteroatoms. The number of halogens is 4. The molecule has 2 unspecified atom stereocenters. The van der Waals surface area contributed by atoms with Gasteiger partial charge in [0.05, 0.1) is 36.3 Å². The van der Waals surface area contributed by atoms with Gasteiger partial charge in [-0.2, -0.15) is 13.2 Å². The molecule has 1 aliphatic heterocycles. The number of carbonyl (C=O) groups excluding carboxylic acids is 2.